The second kappa shape index (κ2) is 8.00. The van der Waals surface area contributed by atoms with Crippen molar-refractivity contribution in [2.75, 3.05) is 18.4 Å². The van der Waals surface area contributed by atoms with Crippen LogP contribution in [-0.2, 0) is 21.4 Å². The van der Waals surface area contributed by atoms with E-state index < -0.39 is 10.0 Å². The zero-order valence-electron chi connectivity index (χ0n) is 16.5. The number of aryl methyl sites for hydroxylation is 1. The van der Waals surface area contributed by atoms with E-state index in [-0.39, 0.29) is 17.3 Å². The lowest BCUT2D eigenvalue weighted by Crippen LogP contribution is -2.35. The lowest BCUT2D eigenvalue weighted by molar-refractivity contribution is -0.116. The fraction of sp³-hybridized carbons (Fsp3) is 0.318. The second-order valence-corrected chi connectivity index (χ2v) is 9.41. The number of para-hydroxylation sites is 1. The first-order valence-electron chi connectivity index (χ1n) is 9.90. The molecule has 0 saturated carbocycles. The summed E-state index contributed by atoms with van der Waals surface area (Å²) in [6.07, 6.45) is 2.84. The van der Waals surface area contributed by atoms with Crippen LogP contribution < -0.4 is 5.32 Å². The number of hydrogen-bond acceptors (Lipinski definition) is 3. The fourth-order valence-corrected chi connectivity index (χ4v) is 5.45. The first-order valence-corrected chi connectivity index (χ1v) is 11.3. The molecule has 3 aromatic rings. The molecule has 152 valence electrons. The van der Waals surface area contributed by atoms with Crippen molar-refractivity contribution in [1.82, 2.24) is 8.87 Å². The molecule has 1 aliphatic rings. The summed E-state index contributed by atoms with van der Waals surface area (Å²) < 4.78 is 29.3. The van der Waals surface area contributed by atoms with Crippen LogP contribution in [0.2, 0.25) is 0 Å². The molecule has 29 heavy (non-hydrogen) atoms. The van der Waals surface area contributed by atoms with Crippen LogP contribution in [-0.4, -0.2) is 36.3 Å². The predicted molar refractivity (Wildman–Crippen MR) is 114 cm³/mol. The molecular formula is C22H25N3O3S. The maximum Gasteiger partial charge on any atom is 0.244 e. The van der Waals surface area contributed by atoms with E-state index in [1.807, 2.05) is 35.8 Å². The Labute approximate surface area is 171 Å². The topological polar surface area (TPSA) is 71.4 Å². The van der Waals surface area contributed by atoms with Crippen LogP contribution in [0, 0.1) is 6.92 Å². The Bertz CT molecular complexity index is 1150. The van der Waals surface area contributed by atoms with Gasteiger partial charge in [0.05, 0.1) is 4.90 Å². The van der Waals surface area contributed by atoms with Gasteiger partial charge in [-0.15, -0.1) is 0 Å². The van der Waals surface area contributed by atoms with E-state index in [2.05, 4.69) is 11.4 Å². The molecule has 1 amide bonds. The van der Waals surface area contributed by atoms with Crippen molar-refractivity contribution in [2.24, 2.45) is 0 Å². The molecular weight excluding hydrogens is 386 g/mol. The lowest BCUT2D eigenvalue weighted by atomic mass is 10.2. The van der Waals surface area contributed by atoms with E-state index in [0.29, 0.717) is 18.8 Å². The van der Waals surface area contributed by atoms with E-state index in [1.165, 1.54) is 4.31 Å². The minimum Gasteiger partial charge on any atom is -0.335 e. The molecule has 1 saturated heterocycles. The van der Waals surface area contributed by atoms with E-state index >= 15 is 0 Å². The summed E-state index contributed by atoms with van der Waals surface area (Å²) in [5.41, 5.74) is 2.49. The van der Waals surface area contributed by atoms with Gasteiger partial charge in [0, 0.05) is 30.0 Å². The first kappa shape index (κ1) is 19.7. The van der Waals surface area contributed by atoms with Gasteiger partial charge >= 0.3 is 0 Å². The Morgan fingerprint density at radius 2 is 1.76 bits per heavy atom. The number of hydrogen-bond donors (Lipinski definition) is 1. The predicted octanol–water partition coefficient (Wildman–Crippen LogP) is 3.76. The Kier molecular flexibility index (Phi) is 5.43. The molecule has 0 unspecified atom stereocenters. The van der Waals surface area contributed by atoms with Gasteiger partial charge in [-0.25, -0.2) is 8.42 Å². The number of fused-ring (bicyclic) bond motifs is 1. The van der Waals surface area contributed by atoms with E-state index in [0.717, 1.165) is 35.9 Å². The number of nitrogens with zero attached hydrogens (tertiary/aromatic N) is 2. The number of amides is 1. The Morgan fingerprint density at radius 1 is 1.00 bits per heavy atom. The number of piperidine rings is 1. The number of rotatable bonds is 5. The summed E-state index contributed by atoms with van der Waals surface area (Å²) in [7, 11) is -3.53. The second-order valence-electron chi connectivity index (χ2n) is 7.47. The molecule has 0 radical (unpaired) electrons. The van der Waals surface area contributed by atoms with Crippen LogP contribution in [0.1, 0.15) is 25.0 Å². The van der Waals surface area contributed by atoms with Gasteiger partial charge in [0.25, 0.3) is 0 Å². The average molecular weight is 412 g/mol. The van der Waals surface area contributed by atoms with Crippen molar-refractivity contribution < 1.29 is 13.2 Å². The van der Waals surface area contributed by atoms with Crippen LogP contribution in [0.15, 0.2) is 59.5 Å². The van der Waals surface area contributed by atoms with Gasteiger partial charge in [0.2, 0.25) is 15.9 Å². The summed E-state index contributed by atoms with van der Waals surface area (Å²) in [6, 6.07) is 16.5. The summed E-state index contributed by atoms with van der Waals surface area (Å²) in [5, 5.41) is 3.94. The van der Waals surface area contributed by atoms with Gasteiger partial charge in [-0.05, 0) is 55.5 Å². The van der Waals surface area contributed by atoms with E-state index in [1.54, 1.807) is 24.3 Å². The van der Waals surface area contributed by atoms with E-state index in [9.17, 15) is 13.2 Å². The lowest BCUT2D eigenvalue weighted by Gasteiger charge is -2.26. The van der Waals surface area contributed by atoms with Gasteiger partial charge in [-0.1, -0.05) is 30.7 Å². The highest BCUT2D eigenvalue weighted by atomic mass is 32.2. The van der Waals surface area contributed by atoms with Crippen molar-refractivity contribution in [3.8, 4) is 0 Å². The summed E-state index contributed by atoms with van der Waals surface area (Å²) in [5.74, 6) is -0.193. The Balaban J connectivity index is 1.52. The molecule has 7 heteroatoms. The van der Waals surface area contributed by atoms with Crippen molar-refractivity contribution in [1.29, 1.82) is 0 Å². The van der Waals surface area contributed by atoms with E-state index in [4.69, 9.17) is 0 Å². The number of nitrogens with one attached hydrogen (secondary N) is 1. The zero-order valence-corrected chi connectivity index (χ0v) is 17.3. The van der Waals surface area contributed by atoms with Gasteiger partial charge < -0.3 is 9.88 Å². The maximum absolute atomic E-state index is 12.9. The van der Waals surface area contributed by atoms with Crippen LogP contribution in [0.4, 0.5) is 5.69 Å². The highest BCUT2D eigenvalue weighted by molar-refractivity contribution is 7.89. The van der Waals surface area contributed by atoms with Crippen LogP contribution in [0.3, 0.4) is 0 Å². The molecule has 2 heterocycles. The summed E-state index contributed by atoms with van der Waals surface area (Å²) in [6.45, 7) is 3.25. The number of aromatic nitrogens is 1. The third kappa shape index (κ3) is 4.06. The number of anilines is 1. The largest absolute Gasteiger partial charge is 0.335 e. The molecule has 2 aromatic carbocycles. The SMILES string of the molecule is Cc1cc2ccccc2n1CC(=O)Nc1cccc(S(=O)(=O)N2CCCCC2)c1. The molecule has 0 aliphatic carbocycles. The summed E-state index contributed by atoms with van der Waals surface area (Å²) in [4.78, 5) is 12.9. The highest BCUT2D eigenvalue weighted by Crippen LogP contribution is 2.23. The molecule has 0 atom stereocenters. The molecule has 1 aromatic heterocycles. The number of benzene rings is 2. The number of sulfonamides is 1. The molecule has 4 rings (SSSR count). The van der Waals surface area contributed by atoms with Gasteiger partial charge in [0.15, 0.2) is 0 Å². The molecule has 6 nitrogen and oxygen atoms in total. The van der Waals surface area contributed by atoms with Crippen molar-refractivity contribution >= 4 is 32.5 Å². The fourth-order valence-electron chi connectivity index (χ4n) is 3.89. The molecule has 1 N–H and O–H groups in total. The monoisotopic (exact) mass is 411 g/mol. The zero-order chi connectivity index (χ0) is 20.4. The first-order chi connectivity index (χ1) is 13.9. The minimum absolute atomic E-state index is 0.169. The average Bonchev–Trinajstić information content (AvgIpc) is 3.04. The highest BCUT2D eigenvalue weighted by Gasteiger charge is 2.26. The Hall–Kier alpha value is -2.64. The summed E-state index contributed by atoms with van der Waals surface area (Å²) >= 11 is 0. The van der Waals surface area contributed by atoms with Gasteiger partial charge in [-0.3, -0.25) is 4.79 Å². The molecule has 1 aliphatic heterocycles. The quantitative estimate of drug-likeness (QED) is 0.695. The standard InChI is InChI=1S/C22H25N3O3S/c1-17-14-18-8-3-4-11-21(18)25(17)16-22(26)23-19-9-7-10-20(15-19)29(27,28)24-12-5-2-6-13-24/h3-4,7-11,14-15H,2,5-6,12-13,16H2,1H3,(H,23,26). The van der Waals surface area contributed by atoms with Crippen LogP contribution in [0.5, 0.6) is 0 Å². The molecule has 0 spiro atoms. The minimum atomic E-state index is -3.53. The Morgan fingerprint density at radius 3 is 2.55 bits per heavy atom. The normalized spacial score (nSPS) is 15.5. The number of carbonyl (C=O) groups excluding carboxylic acids is 1. The van der Waals surface area contributed by atoms with Crippen molar-refractivity contribution in [2.45, 2.75) is 37.6 Å². The van der Waals surface area contributed by atoms with Crippen LogP contribution >= 0.6 is 0 Å². The maximum atomic E-state index is 12.9. The molecule has 0 bridgehead atoms. The smallest absolute Gasteiger partial charge is 0.244 e. The third-order valence-corrected chi connectivity index (χ3v) is 7.28. The van der Waals surface area contributed by atoms with Crippen molar-refractivity contribution in [3.63, 3.8) is 0 Å². The van der Waals surface area contributed by atoms with Crippen molar-refractivity contribution in [3.05, 3.63) is 60.3 Å². The van der Waals surface area contributed by atoms with Gasteiger partial charge in [-0.2, -0.15) is 4.31 Å². The van der Waals surface area contributed by atoms with Crippen LogP contribution in [0.25, 0.3) is 10.9 Å². The van der Waals surface area contributed by atoms with Gasteiger partial charge in [0.1, 0.15) is 6.54 Å². The number of carbonyl (C=O) groups is 1. The molecule has 1 fully saturated rings. The third-order valence-electron chi connectivity index (χ3n) is 5.39.